The van der Waals surface area contributed by atoms with E-state index in [1.165, 1.54) is 0 Å². The zero-order chi connectivity index (χ0) is 9.10. The number of nitrogens with one attached hydrogen (secondary N) is 1. The summed E-state index contributed by atoms with van der Waals surface area (Å²) in [7, 11) is 0. The monoisotopic (exact) mass is 251 g/mol. The normalized spacial score (nSPS) is 20.1. The van der Waals surface area contributed by atoms with Crippen LogP contribution in [0.2, 0.25) is 0 Å². The minimum atomic E-state index is -0.760. The second-order valence-corrected chi connectivity index (χ2v) is 6.09. The molecule has 5 heteroatoms. The highest BCUT2D eigenvalue weighted by Crippen LogP contribution is 2.25. The van der Waals surface area contributed by atoms with E-state index in [2.05, 4.69) is 5.32 Å². The second-order valence-electron chi connectivity index (χ2n) is 3.18. The van der Waals surface area contributed by atoms with Crippen LogP contribution >= 0.6 is 23.7 Å². The van der Waals surface area contributed by atoms with Crippen molar-refractivity contribution in [2.45, 2.75) is 22.3 Å². The van der Waals surface area contributed by atoms with Crippen LogP contribution in [0, 0.1) is 0 Å². The van der Waals surface area contributed by atoms with E-state index in [1.54, 1.807) is 11.3 Å². The van der Waals surface area contributed by atoms with E-state index in [-0.39, 0.29) is 12.4 Å². The standard InChI is InChI=1S/C9H13NOS2.ClH/c11-13(9-2-1-7-12-9)8-3-5-10-6-4-8;/h1-2,7-8,10H,3-6H2;1H. The maximum absolute atomic E-state index is 12.0. The van der Waals surface area contributed by atoms with Crippen LogP contribution in [0.3, 0.4) is 0 Å². The van der Waals surface area contributed by atoms with Gasteiger partial charge in [0, 0.05) is 18.9 Å². The van der Waals surface area contributed by atoms with Gasteiger partial charge in [-0.25, -0.2) is 0 Å². The summed E-state index contributed by atoms with van der Waals surface area (Å²) in [6.45, 7) is 2.03. The molecule has 80 valence electrons. The molecule has 1 aromatic heterocycles. The lowest BCUT2D eigenvalue weighted by Crippen LogP contribution is -2.35. The number of piperidine rings is 1. The van der Waals surface area contributed by atoms with Crippen molar-refractivity contribution in [1.29, 1.82) is 0 Å². The van der Waals surface area contributed by atoms with Crippen LogP contribution in [0.5, 0.6) is 0 Å². The molecule has 2 rings (SSSR count). The van der Waals surface area contributed by atoms with Gasteiger partial charge >= 0.3 is 0 Å². The van der Waals surface area contributed by atoms with Gasteiger partial charge < -0.3 is 9.87 Å². The minimum Gasteiger partial charge on any atom is -0.611 e. The van der Waals surface area contributed by atoms with E-state index < -0.39 is 11.2 Å². The van der Waals surface area contributed by atoms with Crippen LogP contribution < -0.4 is 5.32 Å². The number of hydrogen-bond acceptors (Lipinski definition) is 3. The van der Waals surface area contributed by atoms with E-state index in [1.807, 2.05) is 17.5 Å². The van der Waals surface area contributed by atoms with Gasteiger partial charge in [0.25, 0.3) is 0 Å². The molecule has 0 radical (unpaired) electrons. The van der Waals surface area contributed by atoms with Crippen LogP contribution in [-0.4, -0.2) is 22.9 Å². The molecule has 0 spiro atoms. The first kappa shape index (κ1) is 12.3. The van der Waals surface area contributed by atoms with Gasteiger partial charge in [-0.2, -0.15) is 0 Å². The molecule has 1 unspecified atom stereocenters. The van der Waals surface area contributed by atoms with Gasteiger partial charge in [-0.1, -0.05) is 11.3 Å². The van der Waals surface area contributed by atoms with Crippen LogP contribution in [0.4, 0.5) is 0 Å². The topological polar surface area (TPSA) is 35.1 Å². The number of rotatable bonds is 2. The third-order valence-electron chi connectivity index (χ3n) is 2.28. The summed E-state index contributed by atoms with van der Waals surface area (Å²) in [5.74, 6) is 0. The van der Waals surface area contributed by atoms with Crippen molar-refractivity contribution in [3.05, 3.63) is 17.5 Å². The summed E-state index contributed by atoms with van der Waals surface area (Å²) >= 11 is 0.844. The molecular weight excluding hydrogens is 238 g/mol. The molecule has 0 bridgehead atoms. The zero-order valence-corrected chi connectivity index (χ0v) is 10.2. The Labute approximate surface area is 97.7 Å². The summed E-state index contributed by atoms with van der Waals surface area (Å²) < 4.78 is 13.0. The zero-order valence-electron chi connectivity index (χ0n) is 7.77. The third-order valence-corrected chi connectivity index (χ3v) is 5.33. The summed E-state index contributed by atoms with van der Waals surface area (Å²) in [6, 6.07) is 3.95. The van der Waals surface area contributed by atoms with Gasteiger partial charge in [-0.05, 0) is 35.7 Å². The molecule has 1 aromatic rings. The van der Waals surface area contributed by atoms with Crippen molar-refractivity contribution >= 4 is 34.9 Å². The average molecular weight is 252 g/mol. The maximum atomic E-state index is 12.0. The molecular formula is C9H14ClNOS2. The lowest BCUT2D eigenvalue weighted by Gasteiger charge is -2.24. The molecule has 1 saturated heterocycles. The van der Waals surface area contributed by atoms with Gasteiger partial charge in [0.1, 0.15) is 5.25 Å². The maximum Gasteiger partial charge on any atom is 0.206 e. The molecule has 1 atom stereocenters. The van der Waals surface area contributed by atoms with Gasteiger partial charge in [-0.3, -0.25) is 0 Å². The highest BCUT2D eigenvalue weighted by Gasteiger charge is 2.26. The van der Waals surface area contributed by atoms with Crippen LogP contribution in [-0.2, 0) is 11.2 Å². The summed E-state index contributed by atoms with van der Waals surface area (Å²) in [5, 5.41) is 5.65. The Morgan fingerprint density at radius 3 is 2.71 bits per heavy atom. The molecule has 0 saturated carbocycles. The second kappa shape index (κ2) is 5.98. The van der Waals surface area contributed by atoms with Crippen molar-refractivity contribution in [3.63, 3.8) is 0 Å². The first-order chi connectivity index (χ1) is 6.38. The number of halogens is 1. The molecule has 0 amide bonds. The lowest BCUT2D eigenvalue weighted by molar-refractivity contribution is 0.497. The van der Waals surface area contributed by atoms with E-state index >= 15 is 0 Å². The van der Waals surface area contributed by atoms with Crippen molar-refractivity contribution in [3.8, 4) is 0 Å². The Balaban J connectivity index is 0.000000980. The molecule has 1 N–H and O–H groups in total. The quantitative estimate of drug-likeness (QED) is 0.817. The van der Waals surface area contributed by atoms with E-state index in [4.69, 9.17) is 0 Å². The fourth-order valence-corrected chi connectivity index (χ4v) is 4.16. The van der Waals surface area contributed by atoms with E-state index in [0.29, 0.717) is 5.25 Å². The molecule has 0 aromatic carbocycles. The molecule has 2 nitrogen and oxygen atoms in total. The van der Waals surface area contributed by atoms with Crippen molar-refractivity contribution in [2.75, 3.05) is 13.1 Å². The third kappa shape index (κ3) is 2.87. The van der Waals surface area contributed by atoms with Crippen molar-refractivity contribution < 1.29 is 4.55 Å². The van der Waals surface area contributed by atoms with Crippen molar-refractivity contribution in [1.82, 2.24) is 5.32 Å². The van der Waals surface area contributed by atoms with Crippen molar-refractivity contribution in [2.24, 2.45) is 0 Å². The number of thiophene rings is 1. The van der Waals surface area contributed by atoms with E-state index in [9.17, 15) is 4.55 Å². The van der Waals surface area contributed by atoms with E-state index in [0.717, 1.165) is 30.1 Å². The Morgan fingerprint density at radius 1 is 1.43 bits per heavy atom. The Kier molecular flexibility index (Phi) is 5.26. The van der Waals surface area contributed by atoms with Gasteiger partial charge in [-0.15, -0.1) is 12.4 Å². The molecule has 1 fully saturated rings. The predicted octanol–water partition coefficient (Wildman–Crippen LogP) is 2.03. The fraction of sp³-hybridized carbons (Fsp3) is 0.556. The van der Waals surface area contributed by atoms with Gasteiger partial charge in [0.15, 0.2) is 0 Å². The minimum absolute atomic E-state index is 0. The van der Waals surface area contributed by atoms with Gasteiger partial charge in [0.2, 0.25) is 4.21 Å². The largest absolute Gasteiger partial charge is 0.611 e. The van der Waals surface area contributed by atoms with Crippen LogP contribution in [0.15, 0.2) is 21.7 Å². The molecule has 2 heterocycles. The summed E-state index contributed by atoms with van der Waals surface area (Å²) in [6.07, 6.45) is 2.09. The Morgan fingerprint density at radius 2 is 2.14 bits per heavy atom. The molecule has 1 aliphatic heterocycles. The first-order valence-electron chi connectivity index (χ1n) is 4.53. The molecule has 14 heavy (non-hydrogen) atoms. The van der Waals surface area contributed by atoms with Crippen LogP contribution in [0.25, 0.3) is 0 Å². The SMILES string of the molecule is Cl.[O-][S+](c1cccs1)C1CCNCC1. The Bertz CT molecular complexity index is 249. The first-order valence-corrected chi connectivity index (χ1v) is 6.62. The Hall–Kier alpha value is 0.260. The highest BCUT2D eigenvalue weighted by molar-refractivity contribution is 7.94. The molecule has 0 aliphatic carbocycles. The number of hydrogen-bond donors (Lipinski definition) is 1. The van der Waals surface area contributed by atoms with Gasteiger partial charge in [0.05, 0.1) is 0 Å². The van der Waals surface area contributed by atoms with Crippen LogP contribution in [0.1, 0.15) is 12.8 Å². The fourth-order valence-electron chi connectivity index (χ4n) is 1.55. The predicted molar refractivity (Wildman–Crippen MR) is 63.9 cm³/mol. The summed E-state index contributed by atoms with van der Waals surface area (Å²) in [4.78, 5) is 0. The average Bonchev–Trinajstić information content (AvgIpc) is 2.71. The molecule has 1 aliphatic rings. The highest BCUT2D eigenvalue weighted by atomic mass is 35.5. The smallest absolute Gasteiger partial charge is 0.206 e. The lowest BCUT2D eigenvalue weighted by atomic mass is 10.2. The summed E-state index contributed by atoms with van der Waals surface area (Å²) in [5.41, 5.74) is 0.